The predicted octanol–water partition coefficient (Wildman–Crippen LogP) is 1.51. The van der Waals surface area contributed by atoms with Gasteiger partial charge in [0.05, 0.1) is 19.8 Å². The highest BCUT2D eigenvalue weighted by Crippen LogP contribution is 2.08. The molecule has 20 heavy (non-hydrogen) atoms. The van der Waals surface area contributed by atoms with Crippen LogP contribution >= 0.6 is 0 Å². The second-order valence-corrected chi connectivity index (χ2v) is 4.93. The Morgan fingerprint density at radius 3 is 2.80 bits per heavy atom. The van der Waals surface area contributed by atoms with Gasteiger partial charge in [-0.2, -0.15) is 0 Å². The van der Waals surface area contributed by atoms with E-state index < -0.39 is 0 Å². The number of ether oxygens (including phenoxy) is 1. The molecule has 1 aromatic rings. The first-order valence-electron chi connectivity index (χ1n) is 7.01. The van der Waals surface area contributed by atoms with Gasteiger partial charge < -0.3 is 9.64 Å². The molecule has 4 nitrogen and oxygen atoms in total. The molecule has 0 spiro atoms. The molecule has 1 aliphatic heterocycles. The Hall–Kier alpha value is -1.46. The number of benzene rings is 1. The molecule has 1 aliphatic rings. The molecule has 1 aromatic carbocycles. The average molecular weight is 280 g/mol. The van der Waals surface area contributed by atoms with Crippen LogP contribution in [0.3, 0.4) is 0 Å². The van der Waals surface area contributed by atoms with Crippen LogP contribution in [0.5, 0.6) is 0 Å². The lowest BCUT2D eigenvalue weighted by Gasteiger charge is -2.29. The number of hydrogen-bond acceptors (Lipinski definition) is 3. The van der Waals surface area contributed by atoms with Gasteiger partial charge in [-0.15, -0.1) is 0 Å². The van der Waals surface area contributed by atoms with Crippen molar-refractivity contribution in [3.05, 3.63) is 35.6 Å². The molecule has 1 amide bonds. The number of hydrogen-bond donors (Lipinski definition) is 0. The molecule has 0 aromatic heterocycles. The maximum atomic E-state index is 13.2. The zero-order chi connectivity index (χ0) is 14.4. The highest BCUT2D eigenvalue weighted by molar-refractivity contribution is 5.78. The highest BCUT2D eigenvalue weighted by Gasteiger charge is 2.19. The summed E-state index contributed by atoms with van der Waals surface area (Å²) in [5, 5.41) is 0. The van der Waals surface area contributed by atoms with Crippen LogP contribution < -0.4 is 0 Å². The second kappa shape index (κ2) is 7.36. The first-order valence-corrected chi connectivity index (χ1v) is 7.01. The molecular formula is C15H21FN2O2. The first-order chi connectivity index (χ1) is 9.69. The number of carbonyl (C=O) groups excluding carboxylic acids is 1. The maximum absolute atomic E-state index is 13.2. The van der Waals surface area contributed by atoms with Crippen LogP contribution in [0.15, 0.2) is 24.3 Å². The van der Waals surface area contributed by atoms with Crippen molar-refractivity contribution in [3.8, 4) is 0 Å². The number of morpholine rings is 1. The smallest absolute Gasteiger partial charge is 0.236 e. The van der Waals surface area contributed by atoms with E-state index in [1.165, 1.54) is 12.1 Å². The van der Waals surface area contributed by atoms with E-state index in [9.17, 15) is 9.18 Å². The van der Waals surface area contributed by atoms with Crippen molar-refractivity contribution in [1.29, 1.82) is 0 Å². The summed E-state index contributed by atoms with van der Waals surface area (Å²) in [7, 11) is 0. The second-order valence-electron chi connectivity index (χ2n) is 4.93. The highest BCUT2D eigenvalue weighted by atomic mass is 19.1. The van der Waals surface area contributed by atoms with Gasteiger partial charge in [-0.3, -0.25) is 9.69 Å². The number of likely N-dealkylation sites (N-methyl/N-ethyl adjacent to an activating group) is 1. The third kappa shape index (κ3) is 4.28. The quantitative estimate of drug-likeness (QED) is 0.819. The van der Waals surface area contributed by atoms with Crippen molar-refractivity contribution in [2.24, 2.45) is 0 Å². The number of amides is 1. The minimum Gasteiger partial charge on any atom is -0.378 e. The lowest BCUT2D eigenvalue weighted by atomic mass is 10.2. The fourth-order valence-electron chi connectivity index (χ4n) is 2.28. The number of halogens is 1. The van der Waals surface area contributed by atoms with Gasteiger partial charge in [-0.25, -0.2) is 4.39 Å². The van der Waals surface area contributed by atoms with E-state index in [1.54, 1.807) is 6.07 Å². The summed E-state index contributed by atoms with van der Waals surface area (Å²) in [6, 6.07) is 6.52. The summed E-state index contributed by atoms with van der Waals surface area (Å²) in [6.45, 7) is 6.27. The zero-order valence-corrected chi connectivity index (χ0v) is 11.8. The minimum atomic E-state index is -0.238. The number of rotatable bonds is 5. The molecule has 0 saturated carbocycles. The first kappa shape index (κ1) is 14.9. The summed E-state index contributed by atoms with van der Waals surface area (Å²) in [5.41, 5.74) is 0.890. The molecule has 1 heterocycles. The Morgan fingerprint density at radius 2 is 2.15 bits per heavy atom. The molecule has 5 heteroatoms. The molecular weight excluding hydrogens is 259 g/mol. The molecule has 0 radical (unpaired) electrons. The molecule has 1 saturated heterocycles. The Balaban J connectivity index is 1.89. The van der Waals surface area contributed by atoms with E-state index in [2.05, 4.69) is 0 Å². The fourth-order valence-corrected chi connectivity index (χ4v) is 2.28. The van der Waals surface area contributed by atoms with Gasteiger partial charge in [-0.1, -0.05) is 19.1 Å². The summed E-state index contributed by atoms with van der Waals surface area (Å²) in [4.78, 5) is 16.0. The molecule has 2 rings (SSSR count). The van der Waals surface area contributed by atoms with Gasteiger partial charge in [0.2, 0.25) is 5.91 Å². The predicted molar refractivity (Wildman–Crippen MR) is 74.8 cm³/mol. The van der Waals surface area contributed by atoms with E-state index in [1.807, 2.05) is 22.8 Å². The number of carbonyl (C=O) groups is 1. The monoisotopic (exact) mass is 280 g/mol. The van der Waals surface area contributed by atoms with E-state index in [0.717, 1.165) is 12.1 Å². The SMILES string of the molecule is CCN(CC(=O)N1CCOCC1)Cc1cccc(F)c1. The van der Waals surface area contributed by atoms with Gasteiger partial charge in [0.25, 0.3) is 0 Å². The normalized spacial score (nSPS) is 15.7. The Bertz CT molecular complexity index is 447. The van der Waals surface area contributed by atoms with Crippen molar-refractivity contribution >= 4 is 5.91 Å². The van der Waals surface area contributed by atoms with Crippen LogP contribution in [0, 0.1) is 5.82 Å². The molecule has 1 fully saturated rings. The third-order valence-electron chi connectivity index (χ3n) is 3.47. The van der Waals surface area contributed by atoms with E-state index in [4.69, 9.17) is 4.74 Å². The lowest BCUT2D eigenvalue weighted by Crippen LogP contribution is -2.45. The summed E-state index contributed by atoms with van der Waals surface area (Å²) in [6.07, 6.45) is 0. The van der Waals surface area contributed by atoms with Gasteiger partial charge in [0.1, 0.15) is 5.82 Å². The van der Waals surface area contributed by atoms with Crippen molar-refractivity contribution in [2.75, 3.05) is 39.4 Å². The summed E-state index contributed by atoms with van der Waals surface area (Å²) < 4.78 is 18.4. The Morgan fingerprint density at radius 1 is 1.40 bits per heavy atom. The van der Waals surface area contributed by atoms with Crippen LogP contribution in [-0.2, 0) is 16.1 Å². The minimum absolute atomic E-state index is 0.117. The van der Waals surface area contributed by atoms with Crippen LogP contribution in [-0.4, -0.2) is 55.1 Å². The molecule has 0 N–H and O–H groups in total. The van der Waals surface area contributed by atoms with Crippen molar-refractivity contribution in [1.82, 2.24) is 9.80 Å². The lowest BCUT2D eigenvalue weighted by molar-refractivity contribution is -0.136. The van der Waals surface area contributed by atoms with Crippen molar-refractivity contribution in [3.63, 3.8) is 0 Å². The van der Waals surface area contributed by atoms with Gasteiger partial charge >= 0.3 is 0 Å². The molecule has 0 bridgehead atoms. The van der Waals surface area contributed by atoms with Crippen LogP contribution in [0.25, 0.3) is 0 Å². The Kier molecular flexibility index (Phi) is 5.49. The van der Waals surface area contributed by atoms with Crippen LogP contribution in [0.4, 0.5) is 4.39 Å². The van der Waals surface area contributed by atoms with E-state index in [-0.39, 0.29) is 11.7 Å². The van der Waals surface area contributed by atoms with Gasteiger partial charge in [-0.05, 0) is 24.2 Å². The van der Waals surface area contributed by atoms with E-state index >= 15 is 0 Å². The number of nitrogens with zero attached hydrogens (tertiary/aromatic N) is 2. The van der Waals surface area contributed by atoms with Gasteiger partial charge in [0.15, 0.2) is 0 Å². The Labute approximate surface area is 119 Å². The summed E-state index contributed by atoms with van der Waals surface area (Å²) >= 11 is 0. The topological polar surface area (TPSA) is 32.8 Å². The average Bonchev–Trinajstić information content (AvgIpc) is 2.47. The fraction of sp³-hybridized carbons (Fsp3) is 0.533. The molecule has 0 unspecified atom stereocenters. The zero-order valence-electron chi connectivity index (χ0n) is 11.8. The molecule has 110 valence electrons. The largest absolute Gasteiger partial charge is 0.378 e. The standard InChI is InChI=1S/C15H21FN2O2/c1-2-17(11-13-4-3-5-14(16)10-13)12-15(19)18-6-8-20-9-7-18/h3-5,10H,2,6-9,11-12H2,1H3. The molecule has 0 aliphatic carbocycles. The van der Waals surface area contributed by atoms with Crippen molar-refractivity contribution in [2.45, 2.75) is 13.5 Å². The van der Waals surface area contributed by atoms with Gasteiger partial charge in [0, 0.05) is 19.6 Å². The van der Waals surface area contributed by atoms with E-state index in [0.29, 0.717) is 39.4 Å². The van der Waals surface area contributed by atoms with Crippen molar-refractivity contribution < 1.29 is 13.9 Å². The van der Waals surface area contributed by atoms with Crippen LogP contribution in [0.1, 0.15) is 12.5 Å². The molecule has 0 atom stereocenters. The third-order valence-corrected chi connectivity index (χ3v) is 3.47. The summed E-state index contributed by atoms with van der Waals surface area (Å²) in [5.74, 6) is -0.121. The maximum Gasteiger partial charge on any atom is 0.236 e. The van der Waals surface area contributed by atoms with Crippen LogP contribution in [0.2, 0.25) is 0 Å².